The molecule has 3 aromatic rings. The monoisotopic (exact) mass is 225 g/mol. The molecule has 0 spiro atoms. The van der Waals surface area contributed by atoms with Crippen molar-refractivity contribution >= 4 is 5.65 Å². The van der Waals surface area contributed by atoms with E-state index in [1.54, 1.807) is 12.5 Å². The third kappa shape index (κ3) is 1.66. The summed E-state index contributed by atoms with van der Waals surface area (Å²) in [7, 11) is 0. The molecule has 1 aromatic carbocycles. The predicted molar refractivity (Wildman–Crippen MR) is 64.1 cm³/mol. The lowest BCUT2D eigenvalue weighted by Gasteiger charge is -2.01. The van der Waals surface area contributed by atoms with Gasteiger partial charge in [-0.2, -0.15) is 0 Å². The highest BCUT2D eigenvalue weighted by atomic mass is 15.3. The average Bonchev–Trinajstić information content (AvgIpc) is 2.82. The van der Waals surface area contributed by atoms with Crippen LogP contribution in [0.1, 0.15) is 5.56 Å². The van der Waals surface area contributed by atoms with Gasteiger partial charge in [0.25, 0.3) is 0 Å². The number of aromatic nitrogens is 4. The van der Waals surface area contributed by atoms with Crippen molar-refractivity contribution < 1.29 is 0 Å². The summed E-state index contributed by atoms with van der Waals surface area (Å²) >= 11 is 0. The van der Waals surface area contributed by atoms with Crippen molar-refractivity contribution in [3.8, 4) is 11.4 Å². The van der Waals surface area contributed by atoms with Crippen molar-refractivity contribution in [3.05, 3.63) is 48.4 Å². The lowest BCUT2D eigenvalue weighted by molar-refractivity contribution is 1.06. The zero-order valence-electron chi connectivity index (χ0n) is 9.11. The molecular formula is C12H11N5. The maximum absolute atomic E-state index is 5.63. The Morgan fingerprint density at radius 2 is 2.12 bits per heavy atom. The summed E-state index contributed by atoms with van der Waals surface area (Å²) in [4.78, 5) is 4.07. The maximum atomic E-state index is 5.63. The molecular weight excluding hydrogens is 214 g/mol. The van der Waals surface area contributed by atoms with E-state index >= 15 is 0 Å². The highest BCUT2D eigenvalue weighted by molar-refractivity contribution is 5.59. The van der Waals surface area contributed by atoms with Crippen LogP contribution in [-0.2, 0) is 6.54 Å². The number of rotatable bonds is 2. The Morgan fingerprint density at radius 1 is 1.18 bits per heavy atom. The van der Waals surface area contributed by atoms with Crippen LogP contribution in [0, 0.1) is 0 Å². The molecule has 0 fully saturated rings. The van der Waals surface area contributed by atoms with E-state index in [9.17, 15) is 0 Å². The lowest BCUT2D eigenvalue weighted by Crippen LogP contribution is -1.97. The Morgan fingerprint density at radius 3 is 3.00 bits per heavy atom. The molecule has 0 radical (unpaired) electrons. The summed E-state index contributed by atoms with van der Waals surface area (Å²) in [5.41, 5.74) is 8.48. The first-order valence-corrected chi connectivity index (χ1v) is 5.32. The smallest absolute Gasteiger partial charge is 0.169 e. The fourth-order valence-electron chi connectivity index (χ4n) is 1.78. The van der Waals surface area contributed by atoms with Gasteiger partial charge in [-0.3, -0.25) is 4.40 Å². The molecule has 0 saturated heterocycles. The molecule has 84 valence electrons. The SMILES string of the molecule is NCc1cccc(-c2nnc3ccncn23)c1. The molecule has 0 bridgehead atoms. The molecule has 0 aliphatic heterocycles. The number of hydrogen-bond donors (Lipinski definition) is 1. The molecule has 5 nitrogen and oxygen atoms in total. The summed E-state index contributed by atoms with van der Waals surface area (Å²) in [6.45, 7) is 0.517. The zero-order chi connectivity index (χ0) is 11.7. The van der Waals surface area contributed by atoms with Crippen LogP contribution in [-0.4, -0.2) is 19.6 Å². The van der Waals surface area contributed by atoms with Crippen LogP contribution in [0.2, 0.25) is 0 Å². The van der Waals surface area contributed by atoms with Gasteiger partial charge in [0.1, 0.15) is 6.33 Å². The Bertz CT molecular complexity index is 659. The van der Waals surface area contributed by atoms with Crippen molar-refractivity contribution in [1.82, 2.24) is 19.6 Å². The van der Waals surface area contributed by atoms with E-state index in [-0.39, 0.29) is 0 Å². The van der Waals surface area contributed by atoms with Gasteiger partial charge in [-0.15, -0.1) is 10.2 Å². The quantitative estimate of drug-likeness (QED) is 0.712. The Labute approximate surface area is 97.9 Å². The summed E-state index contributed by atoms with van der Waals surface area (Å²) in [6.07, 6.45) is 3.41. The molecule has 17 heavy (non-hydrogen) atoms. The fourth-order valence-corrected chi connectivity index (χ4v) is 1.78. The highest BCUT2D eigenvalue weighted by Gasteiger charge is 2.07. The molecule has 0 amide bonds. The number of nitrogens with two attached hydrogens (primary N) is 1. The minimum absolute atomic E-state index is 0.517. The molecule has 5 heteroatoms. The largest absolute Gasteiger partial charge is 0.326 e. The molecule has 0 aliphatic carbocycles. The minimum Gasteiger partial charge on any atom is -0.326 e. The van der Waals surface area contributed by atoms with Crippen LogP contribution < -0.4 is 5.73 Å². The topological polar surface area (TPSA) is 69.1 Å². The van der Waals surface area contributed by atoms with Crippen LogP contribution in [0.15, 0.2) is 42.9 Å². The van der Waals surface area contributed by atoms with Gasteiger partial charge in [0.05, 0.1) is 0 Å². The molecule has 0 aliphatic rings. The zero-order valence-corrected chi connectivity index (χ0v) is 9.11. The van der Waals surface area contributed by atoms with Crippen LogP contribution in [0.3, 0.4) is 0 Å². The molecule has 0 unspecified atom stereocenters. The van der Waals surface area contributed by atoms with E-state index < -0.39 is 0 Å². The summed E-state index contributed by atoms with van der Waals surface area (Å²) < 4.78 is 1.86. The van der Waals surface area contributed by atoms with Gasteiger partial charge < -0.3 is 5.73 Å². The van der Waals surface area contributed by atoms with Crippen LogP contribution in [0.5, 0.6) is 0 Å². The van der Waals surface area contributed by atoms with E-state index in [1.165, 1.54) is 0 Å². The second kappa shape index (κ2) is 3.95. The predicted octanol–water partition coefficient (Wildman–Crippen LogP) is 1.25. The summed E-state index contributed by atoms with van der Waals surface area (Å²) in [5, 5.41) is 8.27. The Balaban J connectivity index is 2.20. The van der Waals surface area contributed by atoms with E-state index in [4.69, 9.17) is 5.73 Å². The molecule has 2 N–H and O–H groups in total. The first kappa shape index (κ1) is 9.92. The Kier molecular flexibility index (Phi) is 2.31. The van der Waals surface area contributed by atoms with E-state index in [0.717, 1.165) is 22.6 Å². The third-order valence-electron chi connectivity index (χ3n) is 2.63. The number of fused-ring (bicyclic) bond motifs is 1. The maximum Gasteiger partial charge on any atom is 0.169 e. The van der Waals surface area contributed by atoms with Gasteiger partial charge in [-0.25, -0.2) is 4.98 Å². The van der Waals surface area contributed by atoms with Crippen LogP contribution >= 0.6 is 0 Å². The number of benzene rings is 1. The highest BCUT2D eigenvalue weighted by Crippen LogP contribution is 2.18. The normalized spacial score (nSPS) is 10.9. The first-order chi connectivity index (χ1) is 8.38. The standard InChI is InChI=1S/C12H11N5/c13-7-9-2-1-3-10(6-9)12-16-15-11-4-5-14-8-17(11)12/h1-6,8H,7,13H2. The summed E-state index contributed by atoms with van der Waals surface area (Å²) in [6, 6.07) is 9.79. The Hall–Kier alpha value is -2.27. The van der Waals surface area contributed by atoms with Crippen molar-refractivity contribution in [2.75, 3.05) is 0 Å². The molecule has 0 atom stereocenters. The second-order valence-corrected chi connectivity index (χ2v) is 3.74. The fraction of sp³-hybridized carbons (Fsp3) is 0.0833. The number of hydrogen-bond acceptors (Lipinski definition) is 4. The van der Waals surface area contributed by atoms with Crippen molar-refractivity contribution in [3.63, 3.8) is 0 Å². The van der Waals surface area contributed by atoms with Gasteiger partial charge in [0, 0.05) is 24.4 Å². The van der Waals surface area contributed by atoms with Gasteiger partial charge in [-0.1, -0.05) is 18.2 Å². The van der Waals surface area contributed by atoms with Gasteiger partial charge in [-0.05, 0) is 11.6 Å². The van der Waals surface area contributed by atoms with E-state index in [1.807, 2.05) is 34.7 Å². The minimum atomic E-state index is 0.517. The van der Waals surface area contributed by atoms with Gasteiger partial charge in [0.15, 0.2) is 11.5 Å². The van der Waals surface area contributed by atoms with Gasteiger partial charge in [0.2, 0.25) is 0 Å². The third-order valence-corrected chi connectivity index (χ3v) is 2.63. The second-order valence-electron chi connectivity index (χ2n) is 3.74. The average molecular weight is 225 g/mol. The van der Waals surface area contributed by atoms with Crippen molar-refractivity contribution in [2.45, 2.75) is 6.54 Å². The van der Waals surface area contributed by atoms with Crippen LogP contribution in [0.4, 0.5) is 0 Å². The van der Waals surface area contributed by atoms with Gasteiger partial charge >= 0.3 is 0 Å². The van der Waals surface area contributed by atoms with Crippen molar-refractivity contribution in [2.24, 2.45) is 5.73 Å². The van der Waals surface area contributed by atoms with E-state index in [0.29, 0.717) is 6.54 Å². The van der Waals surface area contributed by atoms with E-state index in [2.05, 4.69) is 15.2 Å². The molecule has 2 heterocycles. The van der Waals surface area contributed by atoms with Crippen LogP contribution in [0.25, 0.3) is 17.0 Å². The molecule has 3 rings (SSSR count). The first-order valence-electron chi connectivity index (χ1n) is 5.32. The van der Waals surface area contributed by atoms with Crippen molar-refractivity contribution in [1.29, 1.82) is 0 Å². The molecule has 2 aromatic heterocycles. The lowest BCUT2D eigenvalue weighted by atomic mass is 10.1. The number of nitrogens with zero attached hydrogens (tertiary/aromatic N) is 4. The summed E-state index contributed by atoms with van der Waals surface area (Å²) in [5.74, 6) is 0.781. The molecule has 0 saturated carbocycles.